The minimum absolute atomic E-state index is 0.148. The molecule has 7 nitrogen and oxygen atoms in total. The average Bonchev–Trinajstić information content (AvgIpc) is 2.76. The largest absolute Gasteiger partial charge is 0.322 e. The maximum absolute atomic E-state index is 10.6. The van der Waals surface area contributed by atoms with Crippen molar-refractivity contribution in [1.29, 1.82) is 0 Å². The molecule has 1 aromatic carbocycles. The summed E-state index contributed by atoms with van der Waals surface area (Å²) < 4.78 is 21.2. The number of nitrogens with zero attached hydrogens (tertiary/aromatic N) is 1. The first-order chi connectivity index (χ1) is 8.82. The van der Waals surface area contributed by atoms with E-state index in [1.165, 1.54) is 12.1 Å². The molecule has 4 N–H and O–H groups in total. The van der Waals surface area contributed by atoms with Crippen molar-refractivity contribution in [3.8, 4) is 0 Å². The lowest BCUT2D eigenvalue weighted by Crippen LogP contribution is -2.35. The maximum atomic E-state index is 10.6. The molecular formula is C11H17N3O4S. The number of rotatable bonds is 2. The lowest BCUT2D eigenvalue weighted by atomic mass is 10.2. The van der Waals surface area contributed by atoms with Crippen molar-refractivity contribution in [3.05, 3.63) is 40.4 Å². The normalized spacial score (nSPS) is 22.4. The molecule has 2 unspecified atom stereocenters. The van der Waals surface area contributed by atoms with Crippen LogP contribution in [0.25, 0.3) is 0 Å². The molecule has 0 heterocycles. The van der Waals surface area contributed by atoms with E-state index in [-0.39, 0.29) is 15.9 Å². The predicted octanol–water partition coefficient (Wildman–Crippen LogP) is 0.477. The quantitative estimate of drug-likeness (QED) is 0.603. The Morgan fingerprint density at radius 2 is 1.79 bits per heavy atom. The van der Waals surface area contributed by atoms with E-state index in [0.717, 1.165) is 12.8 Å². The van der Waals surface area contributed by atoms with Gasteiger partial charge in [0, 0.05) is 11.3 Å². The topological polar surface area (TPSA) is 129 Å². The van der Waals surface area contributed by atoms with Crippen LogP contribution in [0.15, 0.2) is 35.2 Å². The van der Waals surface area contributed by atoms with Gasteiger partial charge in [0.05, 0.1) is 10.9 Å². The molecule has 106 valence electrons. The molecule has 8 heteroatoms. The summed E-state index contributed by atoms with van der Waals surface area (Å²) in [5.41, 5.74) is 5.44. The average molecular weight is 287 g/mol. The van der Waals surface area contributed by atoms with Crippen molar-refractivity contribution in [2.75, 3.05) is 0 Å². The molecule has 2 atom stereocenters. The highest BCUT2D eigenvalue weighted by atomic mass is 32.2. The second-order valence-electron chi connectivity index (χ2n) is 4.31. The van der Waals surface area contributed by atoms with Gasteiger partial charge in [0.25, 0.3) is 0 Å². The Morgan fingerprint density at radius 1 is 1.21 bits per heavy atom. The summed E-state index contributed by atoms with van der Waals surface area (Å²) in [5.74, 6) is 0. The van der Waals surface area contributed by atoms with Gasteiger partial charge in [0.15, 0.2) is 0 Å². The predicted molar refractivity (Wildman–Crippen MR) is 70.4 cm³/mol. The SMILES string of the molecule is NC1CCCC1[N+](=O)[O-].NS(=O)(=O)c1ccccc1. The molecule has 1 fully saturated rings. The van der Waals surface area contributed by atoms with Crippen LogP contribution in [0.4, 0.5) is 0 Å². The molecule has 0 radical (unpaired) electrons. The van der Waals surface area contributed by atoms with Gasteiger partial charge in [0.2, 0.25) is 16.1 Å². The molecule has 0 amide bonds. The molecule has 0 bridgehead atoms. The minimum Gasteiger partial charge on any atom is -0.322 e. The molecular weight excluding hydrogens is 270 g/mol. The second kappa shape index (κ2) is 6.60. The van der Waals surface area contributed by atoms with Crippen LogP contribution in [0.1, 0.15) is 19.3 Å². The van der Waals surface area contributed by atoms with Gasteiger partial charge in [-0.15, -0.1) is 0 Å². The molecule has 0 aliphatic heterocycles. The molecule has 0 aromatic heterocycles. The molecule has 19 heavy (non-hydrogen) atoms. The van der Waals surface area contributed by atoms with Gasteiger partial charge in [-0.3, -0.25) is 10.1 Å². The number of benzene rings is 1. The Bertz CT molecular complexity index is 518. The van der Waals surface area contributed by atoms with Gasteiger partial charge in [-0.05, 0) is 25.0 Å². The maximum Gasteiger partial charge on any atom is 0.238 e. The Balaban J connectivity index is 0.000000191. The van der Waals surface area contributed by atoms with Crippen molar-refractivity contribution >= 4 is 10.0 Å². The van der Waals surface area contributed by atoms with Crippen LogP contribution < -0.4 is 10.9 Å². The number of hydrogen-bond donors (Lipinski definition) is 2. The van der Waals surface area contributed by atoms with Crippen molar-refractivity contribution < 1.29 is 13.3 Å². The fourth-order valence-electron chi connectivity index (χ4n) is 1.84. The van der Waals surface area contributed by atoms with Crippen LogP contribution in [-0.4, -0.2) is 25.4 Å². The Morgan fingerprint density at radius 3 is 2.05 bits per heavy atom. The van der Waals surface area contributed by atoms with Crippen LogP contribution in [0.3, 0.4) is 0 Å². The summed E-state index contributed by atoms with van der Waals surface area (Å²) in [6.07, 6.45) is 2.38. The first-order valence-corrected chi connectivity index (χ1v) is 7.34. The van der Waals surface area contributed by atoms with Gasteiger partial charge < -0.3 is 5.73 Å². The van der Waals surface area contributed by atoms with E-state index in [2.05, 4.69) is 0 Å². The highest BCUT2D eigenvalue weighted by Crippen LogP contribution is 2.18. The van der Waals surface area contributed by atoms with E-state index in [9.17, 15) is 18.5 Å². The van der Waals surface area contributed by atoms with Gasteiger partial charge in [0.1, 0.15) is 0 Å². The van der Waals surface area contributed by atoms with Crippen molar-refractivity contribution in [1.82, 2.24) is 0 Å². The number of nitrogens with two attached hydrogens (primary N) is 2. The number of nitro groups is 1. The van der Waals surface area contributed by atoms with Crippen LogP contribution in [-0.2, 0) is 10.0 Å². The third-order valence-corrected chi connectivity index (χ3v) is 3.80. The first kappa shape index (κ1) is 15.5. The third-order valence-electron chi connectivity index (χ3n) is 2.87. The van der Waals surface area contributed by atoms with Crippen molar-refractivity contribution in [2.45, 2.75) is 36.2 Å². The lowest BCUT2D eigenvalue weighted by Gasteiger charge is -2.04. The van der Waals surface area contributed by atoms with E-state index in [1.807, 2.05) is 0 Å². The zero-order valence-corrected chi connectivity index (χ0v) is 11.1. The van der Waals surface area contributed by atoms with Gasteiger partial charge >= 0.3 is 0 Å². The third kappa shape index (κ3) is 4.93. The molecule has 1 saturated carbocycles. The number of sulfonamides is 1. The highest BCUT2D eigenvalue weighted by molar-refractivity contribution is 7.89. The minimum atomic E-state index is -3.50. The molecule has 1 aliphatic carbocycles. The molecule has 0 spiro atoms. The van der Waals surface area contributed by atoms with Crippen LogP contribution >= 0.6 is 0 Å². The van der Waals surface area contributed by atoms with Gasteiger partial charge in [-0.2, -0.15) is 0 Å². The van der Waals surface area contributed by atoms with E-state index >= 15 is 0 Å². The summed E-state index contributed by atoms with van der Waals surface area (Å²) in [6.45, 7) is 0. The van der Waals surface area contributed by atoms with Gasteiger partial charge in [-0.1, -0.05) is 18.2 Å². The number of hydrogen-bond acceptors (Lipinski definition) is 5. The van der Waals surface area contributed by atoms with Gasteiger partial charge in [-0.25, -0.2) is 13.6 Å². The number of primary sulfonamides is 1. The zero-order valence-electron chi connectivity index (χ0n) is 10.3. The summed E-state index contributed by atoms with van der Waals surface area (Å²) in [6, 6.07) is 7.23. The smallest absolute Gasteiger partial charge is 0.238 e. The Hall–Kier alpha value is -1.51. The summed E-state index contributed by atoms with van der Waals surface area (Å²) in [4.78, 5) is 10.0. The zero-order chi connectivity index (χ0) is 14.5. The van der Waals surface area contributed by atoms with Crippen LogP contribution in [0.2, 0.25) is 0 Å². The van der Waals surface area contributed by atoms with Crippen LogP contribution in [0, 0.1) is 10.1 Å². The lowest BCUT2D eigenvalue weighted by molar-refractivity contribution is -0.522. The van der Waals surface area contributed by atoms with E-state index in [4.69, 9.17) is 10.9 Å². The fourth-order valence-corrected chi connectivity index (χ4v) is 2.38. The molecule has 2 rings (SSSR count). The van der Waals surface area contributed by atoms with Crippen molar-refractivity contribution in [3.63, 3.8) is 0 Å². The van der Waals surface area contributed by atoms with Crippen LogP contribution in [0.5, 0.6) is 0 Å². The van der Waals surface area contributed by atoms with E-state index in [0.29, 0.717) is 6.42 Å². The summed E-state index contributed by atoms with van der Waals surface area (Å²) in [5, 5.41) is 15.0. The highest BCUT2D eigenvalue weighted by Gasteiger charge is 2.32. The first-order valence-electron chi connectivity index (χ1n) is 5.79. The molecule has 1 aliphatic rings. The monoisotopic (exact) mass is 287 g/mol. The van der Waals surface area contributed by atoms with E-state index < -0.39 is 16.1 Å². The summed E-state index contributed by atoms with van der Waals surface area (Å²) in [7, 11) is -3.50. The Kier molecular flexibility index (Phi) is 5.40. The standard InChI is InChI=1S/C6H7NO2S.C5H10N2O2/c7-10(8,9)6-4-2-1-3-5-6;6-4-2-1-3-5(4)7(8)9/h1-5H,(H2,7,8,9);4-5H,1-3,6H2. The second-order valence-corrected chi connectivity index (χ2v) is 5.87. The van der Waals surface area contributed by atoms with E-state index in [1.54, 1.807) is 18.2 Å². The summed E-state index contributed by atoms with van der Waals surface area (Å²) >= 11 is 0. The molecule has 1 aromatic rings. The molecule has 0 saturated heterocycles. The fraction of sp³-hybridized carbons (Fsp3) is 0.455. The Labute approximate surface area is 111 Å². The van der Waals surface area contributed by atoms with Crippen molar-refractivity contribution in [2.24, 2.45) is 10.9 Å².